The van der Waals surface area contributed by atoms with E-state index >= 15 is 0 Å². The van der Waals surface area contributed by atoms with Gasteiger partial charge < -0.3 is 10.2 Å². The van der Waals surface area contributed by atoms with E-state index < -0.39 is 10.8 Å². The Hall–Kier alpha value is -2.85. The first-order valence-corrected chi connectivity index (χ1v) is 6.04. The second kappa shape index (κ2) is 5.64. The molecule has 0 saturated carbocycles. The van der Waals surface area contributed by atoms with E-state index in [4.69, 9.17) is 11.6 Å². The highest BCUT2D eigenvalue weighted by molar-refractivity contribution is 6.29. The molecule has 0 aliphatic carbocycles. The van der Waals surface area contributed by atoms with Gasteiger partial charge in [-0.15, -0.1) is 0 Å². The molecule has 2 rings (SSSR count). The number of benzene rings is 1. The van der Waals surface area contributed by atoms with Crippen molar-refractivity contribution in [3.63, 3.8) is 0 Å². The summed E-state index contributed by atoms with van der Waals surface area (Å²) in [6.45, 7) is 0. The van der Waals surface area contributed by atoms with E-state index in [-0.39, 0.29) is 33.6 Å². The van der Waals surface area contributed by atoms with Gasteiger partial charge >= 0.3 is 0 Å². The van der Waals surface area contributed by atoms with Gasteiger partial charge in [-0.2, -0.15) is 5.26 Å². The normalized spacial score (nSPS) is 11.6. The molecule has 1 aromatic carbocycles. The fourth-order valence-corrected chi connectivity index (χ4v) is 2.02. The summed E-state index contributed by atoms with van der Waals surface area (Å²) < 4.78 is 0. The SMILES string of the molecule is N#CC(c1ccc(O)cc1O)c1nc(Cl)ccc1[N+](=O)[O-]. The lowest BCUT2D eigenvalue weighted by Gasteiger charge is -2.11. The van der Waals surface area contributed by atoms with Crippen LogP contribution in [0.4, 0.5) is 5.69 Å². The van der Waals surface area contributed by atoms with Gasteiger partial charge in [0.2, 0.25) is 0 Å². The Labute approximate surface area is 123 Å². The maximum atomic E-state index is 11.0. The van der Waals surface area contributed by atoms with Crippen LogP contribution in [0.1, 0.15) is 17.2 Å². The van der Waals surface area contributed by atoms with E-state index in [1.807, 2.05) is 6.07 Å². The number of nitrogens with zero attached hydrogens (tertiary/aromatic N) is 3. The van der Waals surface area contributed by atoms with Crippen LogP contribution < -0.4 is 0 Å². The van der Waals surface area contributed by atoms with E-state index in [2.05, 4.69) is 4.98 Å². The Kier molecular flexibility index (Phi) is 3.91. The zero-order valence-corrected chi connectivity index (χ0v) is 11.2. The quantitative estimate of drug-likeness (QED) is 0.511. The third kappa shape index (κ3) is 2.85. The van der Waals surface area contributed by atoms with Crippen LogP contribution in [0.5, 0.6) is 11.5 Å². The Balaban J connectivity index is 2.64. The fraction of sp³-hybridized carbons (Fsp3) is 0.0769. The van der Waals surface area contributed by atoms with Crippen LogP contribution in [-0.4, -0.2) is 20.1 Å². The molecule has 1 unspecified atom stereocenters. The molecule has 0 saturated heterocycles. The number of phenolic OH excluding ortho intramolecular Hbond substituents is 2. The lowest BCUT2D eigenvalue weighted by Crippen LogP contribution is -2.06. The van der Waals surface area contributed by atoms with E-state index in [9.17, 15) is 25.6 Å². The Morgan fingerprint density at radius 3 is 2.62 bits per heavy atom. The van der Waals surface area contributed by atoms with Crippen molar-refractivity contribution in [3.8, 4) is 17.6 Å². The molecule has 0 radical (unpaired) electrons. The van der Waals surface area contributed by atoms with Crippen molar-refractivity contribution in [1.29, 1.82) is 5.26 Å². The summed E-state index contributed by atoms with van der Waals surface area (Å²) in [7, 11) is 0. The average Bonchev–Trinajstić information content (AvgIpc) is 2.41. The number of hydrogen-bond donors (Lipinski definition) is 2. The number of halogens is 1. The molecule has 0 bridgehead atoms. The first-order valence-electron chi connectivity index (χ1n) is 5.66. The van der Waals surface area contributed by atoms with Crippen LogP contribution in [-0.2, 0) is 0 Å². The van der Waals surface area contributed by atoms with Crippen LogP contribution in [0, 0.1) is 21.4 Å². The molecule has 7 nitrogen and oxygen atoms in total. The molecular formula is C13H8ClN3O4. The topological polar surface area (TPSA) is 120 Å². The van der Waals surface area contributed by atoms with Gasteiger partial charge in [-0.25, -0.2) is 4.98 Å². The third-order valence-corrected chi connectivity index (χ3v) is 3.00. The summed E-state index contributed by atoms with van der Waals surface area (Å²) in [4.78, 5) is 14.2. The molecule has 1 heterocycles. The van der Waals surface area contributed by atoms with Gasteiger partial charge in [0.15, 0.2) is 0 Å². The zero-order chi connectivity index (χ0) is 15.6. The Morgan fingerprint density at radius 2 is 2.05 bits per heavy atom. The average molecular weight is 306 g/mol. The number of aromatic nitrogens is 1. The van der Waals surface area contributed by atoms with Crippen molar-refractivity contribution in [1.82, 2.24) is 4.98 Å². The summed E-state index contributed by atoms with van der Waals surface area (Å²) in [5.74, 6) is -1.75. The maximum absolute atomic E-state index is 11.0. The molecule has 8 heteroatoms. The summed E-state index contributed by atoms with van der Waals surface area (Å²) >= 11 is 5.73. The van der Waals surface area contributed by atoms with Crippen LogP contribution >= 0.6 is 11.6 Å². The first-order chi connectivity index (χ1) is 9.93. The number of pyridine rings is 1. The van der Waals surface area contributed by atoms with Gasteiger partial charge in [0.05, 0.1) is 11.0 Å². The van der Waals surface area contributed by atoms with E-state index in [1.165, 1.54) is 18.2 Å². The van der Waals surface area contributed by atoms with Gasteiger partial charge in [0, 0.05) is 17.7 Å². The molecule has 21 heavy (non-hydrogen) atoms. The second-order valence-corrected chi connectivity index (χ2v) is 4.49. The molecule has 1 aromatic heterocycles. The molecule has 2 aromatic rings. The first kappa shape index (κ1) is 14.6. The van der Waals surface area contributed by atoms with Crippen molar-refractivity contribution >= 4 is 17.3 Å². The number of hydrogen-bond acceptors (Lipinski definition) is 6. The lowest BCUT2D eigenvalue weighted by molar-refractivity contribution is -0.386. The predicted octanol–water partition coefficient (Wildman–Crippen LogP) is 2.71. The molecule has 1 atom stereocenters. The minimum Gasteiger partial charge on any atom is -0.508 e. The molecule has 0 aliphatic heterocycles. The number of phenols is 2. The number of aromatic hydroxyl groups is 2. The van der Waals surface area contributed by atoms with Crippen molar-refractivity contribution < 1.29 is 15.1 Å². The molecule has 2 N–H and O–H groups in total. The van der Waals surface area contributed by atoms with Crippen molar-refractivity contribution in [3.05, 3.63) is 56.9 Å². The standard InChI is InChI=1S/C13H8ClN3O4/c14-12-4-3-10(17(20)21)13(16-12)9(6-15)8-2-1-7(18)5-11(8)19/h1-5,9,18-19H. The Bertz CT molecular complexity index is 758. The van der Waals surface area contributed by atoms with Crippen LogP contribution in [0.15, 0.2) is 30.3 Å². The smallest absolute Gasteiger partial charge is 0.292 e. The third-order valence-electron chi connectivity index (χ3n) is 2.79. The molecule has 0 aliphatic rings. The molecule has 0 spiro atoms. The van der Waals surface area contributed by atoms with Gasteiger partial charge in [0.25, 0.3) is 5.69 Å². The van der Waals surface area contributed by atoms with Gasteiger partial charge in [0.1, 0.15) is 28.3 Å². The van der Waals surface area contributed by atoms with Crippen molar-refractivity contribution in [2.45, 2.75) is 5.92 Å². The zero-order valence-electron chi connectivity index (χ0n) is 10.4. The van der Waals surface area contributed by atoms with E-state index in [1.54, 1.807) is 0 Å². The highest BCUT2D eigenvalue weighted by Crippen LogP contribution is 2.36. The summed E-state index contributed by atoms with van der Waals surface area (Å²) in [5, 5.41) is 39.4. The summed E-state index contributed by atoms with van der Waals surface area (Å²) in [6.07, 6.45) is 0. The van der Waals surface area contributed by atoms with Crippen LogP contribution in [0.3, 0.4) is 0 Å². The predicted molar refractivity (Wildman–Crippen MR) is 73.1 cm³/mol. The minimum absolute atomic E-state index is 0.00545. The minimum atomic E-state index is -1.19. The summed E-state index contributed by atoms with van der Waals surface area (Å²) in [5.41, 5.74) is -0.456. The van der Waals surface area contributed by atoms with Gasteiger partial charge in [-0.3, -0.25) is 10.1 Å². The second-order valence-electron chi connectivity index (χ2n) is 4.10. The van der Waals surface area contributed by atoms with Crippen LogP contribution in [0.25, 0.3) is 0 Å². The molecule has 0 fully saturated rings. The van der Waals surface area contributed by atoms with E-state index in [0.717, 1.165) is 12.1 Å². The highest BCUT2D eigenvalue weighted by atomic mass is 35.5. The van der Waals surface area contributed by atoms with Crippen molar-refractivity contribution in [2.24, 2.45) is 0 Å². The van der Waals surface area contributed by atoms with Crippen LogP contribution in [0.2, 0.25) is 5.15 Å². The number of rotatable bonds is 3. The maximum Gasteiger partial charge on any atom is 0.292 e. The lowest BCUT2D eigenvalue weighted by atomic mass is 9.94. The number of nitro groups is 1. The Morgan fingerprint density at radius 1 is 1.33 bits per heavy atom. The number of nitriles is 1. The monoisotopic (exact) mass is 305 g/mol. The molecule has 0 amide bonds. The highest BCUT2D eigenvalue weighted by Gasteiger charge is 2.27. The summed E-state index contributed by atoms with van der Waals surface area (Å²) in [6, 6.07) is 7.83. The largest absolute Gasteiger partial charge is 0.508 e. The van der Waals surface area contributed by atoms with Crippen molar-refractivity contribution in [2.75, 3.05) is 0 Å². The molecular weight excluding hydrogens is 298 g/mol. The fourth-order valence-electron chi connectivity index (χ4n) is 1.86. The van der Waals surface area contributed by atoms with Gasteiger partial charge in [-0.1, -0.05) is 11.6 Å². The molecule has 106 valence electrons. The van der Waals surface area contributed by atoms with E-state index in [0.29, 0.717) is 0 Å². The van der Waals surface area contributed by atoms with Gasteiger partial charge in [-0.05, 0) is 18.2 Å².